The lowest BCUT2D eigenvalue weighted by Crippen LogP contribution is -2.36. The van der Waals surface area contributed by atoms with Gasteiger partial charge in [-0.2, -0.15) is 0 Å². The third-order valence-electron chi connectivity index (χ3n) is 3.31. The van der Waals surface area contributed by atoms with Crippen molar-refractivity contribution in [2.45, 2.75) is 25.8 Å². The van der Waals surface area contributed by atoms with Crippen molar-refractivity contribution in [3.05, 3.63) is 64.6 Å². The standard InChI is InChI=1S/C18H20BrNO2/c1-14(11-12-15-7-3-2-4-8-15)20-18(21)13-22-17-10-6-5-9-16(17)19/h2-10,14H,11-13H2,1H3,(H,20,21). The molecule has 0 aliphatic carbocycles. The van der Waals surface area contributed by atoms with Crippen LogP contribution in [0.4, 0.5) is 0 Å². The number of carbonyl (C=O) groups is 1. The van der Waals surface area contributed by atoms with E-state index < -0.39 is 0 Å². The molecule has 2 aromatic carbocycles. The van der Waals surface area contributed by atoms with Gasteiger partial charge in [0.25, 0.3) is 5.91 Å². The summed E-state index contributed by atoms with van der Waals surface area (Å²) in [5, 5.41) is 2.96. The number of para-hydroxylation sites is 1. The Morgan fingerprint density at radius 3 is 2.55 bits per heavy atom. The molecule has 0 radical (unpaired) electrons. The Morgan fingerprint density at radius 1 is 1.14 bits per heavy atom. The van der Waals surface area contributed by atoms with Crippen LogP contribution in [0.3, 0.4) is 0 Å². The van der Waals surface area contributed by atoms with Gasteiger partial charge < -0.3 is 10.1 Å². The minimum atomic E-state index is -0.101. The van der Waals surface area contributed by atoms with Crippen LogP contribution in [0.1, 0.15) is 18.9 Å². The van der Waals surface area contributed by atoms with Crippen molar-refractivity contribution >= 4 is 21.8 Å². The van der Waals surface area contributed by atoms with Gasteiger partial charge in [0, 0.05) is 6.04 Å². The zero-order valence-corrected chi connectivity index (χ0v) is 14.2. The van der Waals surface area contributed by atoms with Crippen molar-refractivity contribution in [3.8, 4) is 5.75 Å². The van der Waals surface area contributed by atoms with Crippen LogP contribution in [0.25, 0.3) is 0 Å². The average molecular weight is 362 g/mol. The van der Waals surface area contributed by atoms with E-state index >= 15 is 0 Å². The highest BCUT2D eigenvalue weighted by Crippen LogP contribution is 2.23. The fraction of sp³-hybridized carbons (Fsp3) is 0.278. The predicted molar refractivity (Wildman–Crippen MR) is 92.0 cm³/mol. The molecule has 0 heterocycles. The zero-order valence-electron chi connectivity index (χ0n) is 12.6. The summed E-state index contributed by atoms with van der Waals surface area (Å²) in [6.45, 7) is 2.04. The number of ether oxygens (including phenoxy) is 1. The van der Waals surface area contributed by atoms with Gasteiger partial charge in [0.15, 0.2) is 6.61 Å². The lowest BCUT2D eigenvalue weighted by atomic mass is 10.1. The van der Waals surface area contributed by atoms with E-state index in [2.05, 4.69) is 33.4 Å². The van der Waals surface area contributed by atoms with Gasteiger partial charge >= 0.3 is 0 Å². The molecule has 0 spiro atoms. The molecule has 0 aliphatic rings. The van der Waals surface area contributed by atoms with Gasteiger partial charge in [0.05, 0.1) is 4.47 Å². The lowest BCUT2D eigenvalue weighted by molar-refractivity contribution is -0.123. The van der Waals surface area contributed by atoms with Gasteiger partial charge in [0.1, 0.15) is 5.75 Å². The lowest BCUT2D eigenvalue weighted by Gasteiger charge is -2.14. The van der Waals surface area contributed by atoms with E-state index in [1.54, 1.807) is 0 Å². The molecule has 2 rings (SSSR count). The third-order valence-corrected chi connectivity index (χ3v) is 3.97. The first-order valence-corrected chi connectivity index (χ1v) is 8.15. The summed E-state index contributed by atoms with van der Waals surface area (Å²) in [5.74, 6) is 0.575. The molecule has 116 valence electrons. The minimum absolute atomic E-state index is 0.0261. The normalized spacial score (nSPS) is 11.7. The van der Waals surface area contributed by atoms with Crippen LogP contribution in [0.15, 0.2) is 59.1 Å². The van der Waals surface area contributed by atoms with Crippen LogP contribution < -0.4 is 10.1 Å². The molecule has 22 heavy (non-hydrogen) atoms. The van der Waals surface area contributed by atoms with Crippen LogP contribution in [0.2, 0.25) is 0 Å². The molecule has 1 unspecified atom stereocenters. The maximum atomic E-state index is 11.9. The average Bonchev–Trinajstić information content (AvgIpc) is 2.53. The molecule has 0 saturated heterocycles. The molecule has 1 amide bonds. The Kier molecular flexibility index (Phi) is 6.46. The number of carbonyl (C=O) groups excluding carboxylic acids is 1. The number of halogens is 1. The Labute approximate surface area is 139 Å². The second kappa shape index (κ2) is 8.59. The van der Waals surface area contributed by atoms with E-state index in [9.17, 15) is 4.79 Å². The van der Waals surface area contributed by atoms with Gasteiger partial charge in [-0.3, -0.25) is 4.79 Å². The van der Waals surface area contributed by atoms with Crippen molar-refractivity contribution < 1.29 is 9.53 Å². The van der Waals surface area contributed by atoms with Crippen LogP contribution in [0, 0.1) is 0 Å². The van der Waals surface area contributed by atoms with E-state index in [4.69, 9.17) is 4.74 Å². The van der Waals surface area contributed by atoms with Crippen molar-refractivity contribution in [1.82, 2.24) is 5.32 Å². The third kappa shape index (κ3) is 5.53. The zero-order chi connectivity index (χ0) is 15.8. The van der Waals surface area contributed by atoms with Crippen LogP contribution in [-0.4, -0.2) is 18.6 Å². The summed E-state index contributed by atoms with van der Waals surface area (Å²) in [6.07, 6.45) is 1.86. The van der Waals surface area contributed by atoms with E-state index in [0.29, 0.717) is 5.75 Å². The summed E-state index contributed by atoms with van der Waals surface area (Å²) < 4.78 is 6.35. The van der Waals surface area contributed by atoms with Crippen LogP contribution >= 0.6 is 15.9 Å². The number of nitrogens with one attached hydrogen (secondary N) is 1. The Morgan fingerprint density at radius 2 is 1.82 bits per heavy atom. The molecule has 0 saturated carbocycles. The van der Waals surface area contributed by atoms with Gasteiger partial charge in [0.2, 0.25) is 0 Å². The molecular formula is C18H20BrNO2. The fourth-order valence-electron chi connectivity index (χ4n) is 2.12. The second-order valence-corrected chi connectivity index (χ2v) is 6.07. The second-order valence-electron chi connectivity index (χ2n) is 5.21. The Balaban J connectivity index is 1.71. The first-order chi connectivity index (χ1) is 10.6. The van der Waals surface area contributed by atoms with E-state index in [1.807, 2.05) is 49.4 Å². The molecular weight excluding hydrogens is 342 g/mol. The van der Waals surface area contributed by atoms with Crippen LogP contribution in [-0.2, 0) is 11.2 Å². The van der Waals surface area contributed by atoms with Crippen molar-refractivity contribution in [2.75, 3.05) is 6.61 Å². The van der Waals surface area contributed by atoms with Gasteiger partial charge in [-0.15, -0.1) is 0 Å². The minimum Gasteiger partial charge on any atom is -0.483 e. The summed E-state index contributed by atoms with van der Waals surface area (Å²) in [6, 6.07) is 17.9. The SMILES string of the molecule is CC(CCc1ccccc1)NC(=O)COc1ccccc1Br. The molecule has 2 aromatic rings. The van der Waals surface area contributed by atoms with Crippen molar-refractivity contribution in [1.29, 1.82) is 0 Å². The van der Waals surface area contributed by atoms with Gasteiger partial charge in [-0.1, -0.05) is 42.5 Å². The summed E-state index contributed by atoms with van der Waals surface area (Å²) in [4.78, 5) is 11.9. The highest BCUT2D eigenvalue weighted by atomic mass is 79.9. The number of aryl methyl sites for hydroxylation is 1. The molecule has 1 atom stereocenters. The predicted octanol–water partition coefficient (Wildman–Crippen LogP) is 3.97. The fourth-order valence-corrected chi connectivity index (χ4v) is 2.52. The highest BCUT2D eigenvalue weighted by molar-refractivity contribution is 9.10. The molecule has 0 aromatic heterocycles. The molecule has 0 bridgehead atoms. The maximum absolute atomic E-state index is 11.9. The van der Waals surface area contributed by atoms with Crippen molar-refractivity contribution in [3.63, 3.8) is 0 Å². The van der Waals surface area contributed by atoms with E-state index in [1.165, 1.54) is 5.56 Å². The monoisotopic (exact) mass is 361 g/mol. The Hall–Kier alpha value is -1.81. The molecule has 0 fully saturated rings. The molecule has 0 aliphatic heterocycles. The summed E-state index contributed by atoms with van der Waals surface area (Å²) in [5.41, 5.74) is 1.29. The van der Waals surface area contributed by atoms with Gasteiger partial charge in [-0.05, 0) is 53.4 Å². The molecule has 1 N–H and O–H groups in total. The van der Waals surface area contributed by atoms with E-state index in [-0.39, 0.29) is 18.6 Å². The summed E-state index contributed by atoms with van der Waals surface area (Å²) in [7, 11) is 0. The molecule has 3 nitrogen and oxygen atoms in total. The number of hydrogen-bond donors (Lipinski definition) is 1. The highest BCUT2D eigenvalue weighted by Gasteiger charge is 2.09. The van der Waals surface area contributed by atoms with E-state index in [0.717, 1.165) is 17.3 Å². The first kappa shape index (κ1) is 16.6. The first-order valence-electron chi connectivity index (χ1n) is 7.36. The topological polar surface area (TPSA) is 38.3 Å². The number of amides is 1. The largest absolute Gasteiger partial charge is 0.483 e. The molecule has 4 heteroatoms. The number of hydrogen-bond acceptors (Lipinski definition) is 2. The van der Waals surface area contributed by atoms with Gasteiger partial charge in [-0.25, -0.2) is 0 Å². The smallest absolute Gasteiger partial charge is 0.258 e. The van der Waals surface area contributed by atoms with Crippen molar-refractivity contribution in [2.24, 2.45) is 0 Å². The summed E-state index contributed by atoms with van der Waals surface area (Å²) >= 11 is 3.39. The number of benzene rings is 2. The number of rotatable bonds is 7. The Bertz CT molecular complexity index is 601. The maximum Gasteiger partial charge on any atom is 0.258 e. The quantitative estimate of drug-likeness (QED) is 0.810. The van der Waals surface area contributed by atoms with Crippen LogP contribution in [0.5, 0.6) is 5.75 Å².